The fraction of sp³-hybridized carbons (Fsp3) is 0.435. The average molecular weight is 431 g/mol. The molecular weight excluding hydrogens is 398 g/mol. The number of likely N-dealkylation sites (N-methyl/N-ethyl adjacent to an activating group) is 1. The molecule has 2 N–H and O–H groups in total. The van der Waals surface area contributed by atoms with E-state index in [2.05, 4.69) is 36.5 Å². The lowest BCUT2D eigenvalue weighted by Gasteiger charge is -2.20. The molecule has 2 aromatic rings. The van der Waals surface area contributed by atoms with Gasteiger partial charge in [-0.15, -0.1) is 0 Å². The topological polar surface area (TPSA) is 70.9 Å². The molecule has 0 spiro atoms. The molecule has 1 heterocycles. The van der Waals surface area contributed by atoms with Gasteiger partial charge in [-0.25, -0.2) is 8.42 Å². The molecule has 1 aliphatic heterocycles. The van der Waals surface area contributed by atoms with Crippen molar-refractivity contribution in [3.8, 4) is 0 Å². The highest BCUT2D eigenvalue weighted by Gasteiger charge is 2.25. The van der Waals surface area contributed by atoms with E-state index in [1.807, 2.05) is 7.05 Å². The lowest BCUT2D eigenvalue weighted by atomic mass is 10.1. The summed E-state index contributed by atoms with van der Waals surface area (Å²) in [5.41, 5.74) is 3.02. The molecule has 1 atom stereocenters. The highest BCUT2D eigenvalue weighted by atomic mass is 32.2. The highest BCUT2D eigenvalue weighted by Crippen LogP contribution is 2.21. The van der Waals surface area contributed by atoms with E-state index in [9.17, 15) is 13.2 Å². The molecule has 2 aromatic carbocycles. The molecule has 1 saturated heterocycles. The van der Waals surface area contributed by atoms with Gasteiger partial charge in [0.2, 0.25) is 10.0 Å². The minimum Gasteiger partial charge on any atom is -0.326 e. The van der Waals surface area contributed by atoms with E-state index in [-0.39, 0.29) is 10.8 Å². The molecule has 0 aliphatic carbocycles. The number of rotatable bonds is 7. The molecule has 1 amide bonds. The first kappa shape index (κ1) is 22.5. The Balaban J connectivity index is 1.55. The summed E-state index contributed by atoms with van der Waals surface area (Å²) in [5.74, 6) is -0.0947. The summed E-state index contributed by atoms with van der Waals surface area (Å²) in [6.45, 7) is 4.31. The van der Waals surface area contributed by atoms with Crippen molar-refractivity contribution in [3.05, 3.63) is 59.7 Å². The number of quaternary nitrogens is 1. The summed E-state index contributed by atoms with van der Waals surface area (Å²) >= 11 is 0. The largest absolute Gasteiger partial charge is 0.326 e. The van der Waals surface area contributed by atoms with Crippen LogP contribution in [0.25, 0.3) is 0 Å². The summed E-state index contributed by atoms with van der Waals surface area (Å²) in [6.07, 6.45) is 3.98. The summed E-state index contributed by atoms with van der Waals surface area (Å²) < 4.78 is 27.3. The van der Waals surface area contributed by atoms with Crippen LogP contribution in [0.15, 0.2) is 53.4 Å². The normalized spacial score (nSPS) is 16.6. The first-order valence-electron chi connectivity index (χ1n) is 10.6. The summed E-state index contributed by atoms with van der Waals surface area (Å²) in [7, 11) is -1.49. The molecule has 0 aromatic heterocycles. The minimum absolute atomic E-state index is 0.0947. The summed E-state index contributed by atoms with van der Waals surface area (Å²) in [5, 5.41) is 2.87. The van der Waals surface area contributed by atoms with Gasteiger partial charge in [-0.3, -0.25) is 4.79 Å². The van der Waals surface area contributed by atoms with E-state index in [1.165, 1.54) is 11.1 Å². The van der Waals surface area contributed by atoms with Gasteiger partial charge >= 0.3 is 0 Å². The molecule has 1 fully saturated rings. The first-order valence-corrected chi connectivity index (χ1v) is 12.1. The number of carbonyl (C=O) groups excluding carboxylic acids is 1. The Hall–Kier alpha value is -2.22. The lowest BCUT2D eigenvalue weighted by molar-refractivity contribution is -0.885. The molecular formula is C23H32N3O3S+. The van der Waals surface area contributed by atoms with Gasteiger partial charge in [0.25, 0.3) is 5.91 Å². The third-order valence-electron chi connectivity index (χ3n) is 5.43. The third-order valence-corrected chi connectivity index (χ3v) is 7.34. The smallest absolute Gasteiger partial charge is 0.279 e. The van der Waals surface area contributed by atoms with Gasteiger partial charge in [0.05, 0.1) is 11.9 Å². The Labute approximate surface area is 179 Å². The number of benzene rings is 2. The van der Waals surface area contributed by atoms with Gasteiger partial charge in [-0.2, -0.15) is 4.31 Å². The van der Waals surface area contributed by atoms with Crippen molar-refractivity contribution in [2.24, 2.45) is 0 Å². The first-order chi connectivity index (χ1) is 14.3. The standard InChI is InChI=1S/C23H31N3O3S/c1-19-7-9-20(10-8-19)17-25(2)18-23(27)24-21-11-13-22(14-12-21)30(28,29)26-15-5-3-4-6-16-26/h7-14H,3-6,15-18H2,1-2H3,(H,24,27)/p+1. The quantitative estimate of drug-likeness (QED) is 0.708. The molecule has 1 aliphatic rings. The van der Waals surface area contributed by atoms with Crippen LogP contribution in [0, 0.1) is 6.92 Å². The molecule has 0 radical (unpaired) electrons. The molecule has 30 heavy (non-hydrogen) atoms. The number of anilines is 1. The molecule has 0 saturated carbocycles. The minimum atomic E-state index is -3.47. The van der Waals surface area contributed by atoms with Crippen molar-refractivity contribution in [2.75, 3.05) is 32.0 Å². The van der Waals surface area contributed by atoms with E-state index >= 15 is 0 Å². The molecule has 3 rings (SSSR count). The Morgan fingerprint density at radius 3 is 2.17 bits per heavy atom. The van der Waals surface area contributed by atoms with E-state index in [0.29, 0.717) is 25.3 Å². The zero-order valence-corrected chi connectivity index (χ0v) is 18.7. The van der Waals surface area contributed by atoms with Crippen LogP contribution in [-0.2, 0) is 21.4 Å². The predicted molar refractivity (Wildman–Crippen MR) is 119 cm³/mol. The fourth-order valence-corrected chi connectivity index (χ4v) is 5.25. The van der Waals surface area contributed by atoms with Crippen LogP contribution in [0.2, 0.25) is 0 Å². The van der Waals surface area contributed by atoms with Gasteiger partial charge in [0.15, 0.2) is 6.54 Å². The van der Waals surface area contributed by atoms with Crippen LogP contribution in [0.5, 0.6) is 0 Å². The Kier molecular flexibility index (Phi) is 7.64. The number of sulfonamides is 1. The Bertz CT molecular complexity index is 933. The average Bonchev–Trinajstić information content (AvgIpc) is 3.00. The number of nitrogens with one attached hydrogen (secondary N) is 2. The number of carbonyl (C=O) groups is 1. The number of aryl methyl sites for hydroxylation is 1. The zero-order valence-electron chi connectivity index (χ0n) is 17.9. The van der Waals surface area contributed by atoms with Crippen LogP contribution < -0.4 is 10.2 Å². The second-order valence-electron chi connectivity index (χ2n) is 8.19. The summed E-state index contributed by atoms with van der Waals surface area (Å²) in [4.78, 5) is 13.7. The van der Waals surface area contributed by atoms with Crippen molar-refractivity contribution in [1.82, 2.24) is 4.31 Å². The van der Waals surface area contributed by atoms with Gasteiger partial charge in [0.1, 0.15) is 6.54 Å². The number of hydrogen-bond donors (Lipinski definition) is 2. The van der Waals surface area contributed by atoms with Crippen LogP contribution >= 0.6 is 0 Å². The zero-order chi connectivity index (χ0) is 21.6. The molecule has 7 heteroatoms. The van der Waals surface area contributed by atoms with Gasteiger partial charge in [-0.1, -0.05) is 42.7 Å². The summed E-state index contributed by atoms with van der Waals surface area (Å²) in [6, 6.07) is 14.8. The molecule has 162 valence electrons. The number of hydrogen-bond acceptors (Lipinski definition) is 3. The van der Waals surface area contributed by atoms with E-state index in [1.54, 1.807) is 28.6 Å². The Morgan fingerprint density at radius 1 is 0.967 bits per heavy atom. The van der Waals surface area contributed by atoms with Crippen LogP contribution in [0.4, 0.5) is 5.69 Å². The van der Waals surface area contributed by atoms with Crippen LogP contribution in [0.3, 0.4) is 0 Å². The molecule has 0 bridgehead atoms. The van der Waals surface area contributed by atoms with Crippen LogP contribution in [-0.4, -0.2) is 45.3 Å². The molecule has 6 nitrogen and oxygen atoms in total. The van der Waals surface area contributed by atoms with E-state index in [4.69, 9.17) is 0 Å². The number of amides is 1. The van der Waals surface area contributed by atoms with Crippen LogP contribution in [0.1, 0.15) is 36.8 Å². The van der Waals surface area contributed by atoms with Gasteiger partial charge < -0.3 is 10.2 Å². The van der Waals surface area contributed by atoms with Crippen molar-refractivity contribution in [2.45, 2.75) is 44.0 Å². The van der Waals surface area contributed by atoms with Gasteiger partial charge in [-0.05, 0) is 44.0 Å². The van der Waals surface area contributed by atoms with Gasteiger partial charge in [0, 0.05) is 24.3 Å². The van der Waals surface area contributed by atoms with E-state index < -0.39 is 10.0 Å². The maximum Gasteiger partial charge on any atom is 0.279 e. The second-order valence-corrected chi connectivity index (χ2v) is 10.1. The second kappa shape index (κ2) is 10.2. The third kappa shape index (κ3) is 6.14. The van der Waals surface area contributed by atoms with Crippen molar-refractivity contribution in [1.29, 1.82) is 0 Å². The SMILES string of the molecule is Cc1ccc(C[NH+](C)CC(=O)Nc2ccc(S(=O)(=O)N3CCCCCC3)cc2)cc1. The highest BCUT2D eigenvalue weighted by molar-refractivity contribution is 7.89. The number of nitrogens with zero attached hydrogens (tertiary/aromatic N) is 1. The monoisotopic (exact) mass is 430 g/mol. The van der Waals surface area contributed by atoms with Crippen molar-refractivity contribution in [3.63, 3.8) is 0 Å². The maximum absolute atomic E-state index is 12.8. The van der Waals surface area contributed by atoms with Crippen molar-refractivity contribution >= 4 is 21.6 Å². The van der Waals surface area contributed by atoms with E-state index in [0.717, 1.165) is 37.1 Å². The Morgan fingerprint density at radius 2 is 1.57 bits per heavy atom. The lowest BCUT2D eigenvalue weighted by Crippen LogP contribution is -3.08. The fourth-order valence-electron chi connectivity index (χ4n) is 3.74. The van der Waals surface area contributed by atoms with Crippen molar-refractivity contribution < 1.29 is 18.1 Å². The predicted octanol–water partition coefficient (Wildman–Crippen LogP) is 2.21. The molecule has 1 unspecified atom stereocenters. The maximum atomic E-state index is 12.8.